The second kappa shape index (κ2) is 11.2. The first-order valence-corrected chi connectivity index (χ1v) is 10.1. The van der Waals surface area contributed by atoms with Gasteiger partial charge in [0.25, 0.3) is 0 Å². The third-order valence-corrected chi connectivity index (χ3v) is 4.85. The average Bonchev–Trinajstić information content (AvgIpc) is 2.82. The van der Waals surface area contributed by atoms with Crippen LogP contribution in [0, 0.1) is 0 Å². The van der Waals surface area contributed by atoms with E-state index in [1.54, 1.807) is 37.5 Å². The maximum atomic E-state index is 12.6. The van der Waals surface area contributed by atoms with Crippen molar-refractivity contribution in [2.45, 2.75) is 6.61 Å². The second-order valence-corrected chi connectivity index (χ2v) is 7.13. The SMILES string of the molecule is COCOc1ccc(C=CC(=O)c2cccc(Cl)c2O)c(OCc2ccc(OC)cc2)c1. The molecule has 1 N–H and O–H groups in total. The Bertz CT molecular complexity index is 1090. The van der Waals surface area contributed by atoms with Crippen LogP contribution in [0.25, 0.3) is 6.08 Å². The fraction of sp³-hybridized carbons (Fsp3) is 0.160. The van der Waals surface area contributed by atoms with E-state index in [1.165, 1.54) is 25.3 Å². The molecule has 3 rings (SSSR count). The van der Waals surface area contributed by atoms with E-state index in [2.05, 4.69) is 0 Å². The summed E-state index contributed by atoms with van der Waals surface area (Å²) in [6, 6.07) is 17.4. The molecule has 0 aromatic heterocycles. The molecule has 3 aromatic carbocycles. The Morgan fingerprint density at radius 3 is 2.47 bits per heavy atom. The van der Waals surface area contributed by atoms with Crippen LogP contribution in [0.5, 0.6) is 23.0 Å². The van der Waals surface area contributed by atoms with Gasteiger partial charge in [-0.15, -0.1) is 0 Å². The molecule has 0 radical (unpaired) electrons. The Morgan fingerprint density at radius 2 is 1.75 bits per heavy atom. The van der Waals surface area contributed by atoms with Gasteiger partial charge in [-0.1, -0.05) is 29.8 Å². The predicted octanol–water partition coefficient (Wildman–Crippen LogP) is 5.51. The van der Waals surface area contributed by atoms with Crippen LogP contribution in [0.2, 0.25) is 5.02 Å². The number of benzene rings is 3. The van der Waals surface area contributed by atoms with Gasteiger partial charge in [-0.2, -0.15) is 0 Å². The summed E-state index contributed by atoms with van der Waals surface area (Å²) in [7, 11) is 3.15. The highest BCUT2D eigenvalue weighted by Gasteiger charge is 2.12. The maximum Gasteiger partial charge on any atom is 0.189 e. The molecule has 0 fully saturated rings. The Kier molecular flexibility index (Phi) is 8.14. The number of phenolic OH excluding ortho intramolecular Hbond substituents is 1. The van der Waals surface area contributed by atoms with E-state index in [0.717, 1.165) is 11.3 Å². The van der Waals surface area contributed by atoms with Crippen molar-refractivity contribution in [1.82, 2.24) is 0 Å². The minimum atomic E-state index is -0.384. The molecule has 6 nitrogen and oxygen atoms in total. The van der Waals surface area contributed by atoms with Gasteiger partial charge in [0.05, 0.1) is 17.7 Å². The normalized spacial score (nSPS) is 10.8. The molecule has 7 heteroatoms. The first-order chi connectivity index (χ1) is 15.5. The molecule has 0 saturated carbocycles. The van der Waals surface area contributed by atoms with Crippen LogP contribution < -0.4 is 14.2 Å². The summed E-state index contributed by atoms with van der Waals surface area (Å²) in [6.07, 6.45) is 2.97. The van der Waals surface area contributed by atoms with Crippen LogP contribution in [0.15, 0.2) is 66.7 Å². The van der Waals surface area contributed by atoms with Crippen molar-refractivity contribution < 1.29 is 28.8 Å². The van der Waals surface area contributed by atoms with Crippen molar-refractivity contribution in [1.29, 1.82) is 0 Å². The molecule has 0 atom stereocenters. The van der Waals surface area contributed by atoms with E-state index in [4.69, 9.17) is 30.5 Å². The van der Waals surface area contributed by atoms with E-state index >= 15 is 0 Å². The third kappa shape index (κ3) is 6.03. The predicted molar refractivity (Wildman–Crippen MR) is 123 cm³/mol. The number of aromatic hydroxyl groups is 1. The Balaban J connectivity index is 1.82. The van der Waals surface area contributed by atoms with Gasteiger partial charge in [0.2, 0.25) is 0 Å². The van der Waals surface area contributed by atoms with Gasteiger partial charge in [0.15, 0.2) is 12.6 Å². The molecule has 0 heterocycles. The lowest BCUT2D eigenvalue weighted by Crippen LogP contribution is -2.01. The van der Waals surface area contributed by atoms with Gasteiger partial charge in [0, 0.05) is 18.7 Å². The summed E-state index contributed by atoms with van der Waals surface area (Å²) in [5.74, 6) is 1.21. The molecule has 166 valence electrons. The molecular weight excluding hydrogens is 432 g/mol. The number of halogens is 1. The number of ketones is 1. The van der Waals surface area contributed by atoms with Crippen LogP contribution >= 0.6 is 11.6 Å². The van der Waals surface area contributed by atoms with Crippen molar-refractivity contribution in [2.24, 2.45) is 0 Å². The second-order valence-electron chi connectivity index (χ2n) is 6.72. The average molecular weight is 455 g/mol. The Hall–Kier alpha value is -3.48. The molecule has 0 unspecified atom stereocenters. The highest BCUT2D eigenvalue weighted by Crippen LogP contribution is 2.30. The van der Waals surface area contributed by atoms with Crippen LogP contribution in [0.1, 0.15) is 21.5 Å². The zero-order chi connectivity index (χ0) is 22.9. The number of methoxy groups -OCH3 is 2. The van der Waals surface area contributed by atoms with E-state index in [-0.39, 0.29) is 28.9 Å². The summed E-state index contributed by atoms with van der Waals surface area (Å²) in [5, 5.41) is 10.2. The molecule has 0 aliphatic rings. The van der Waals surface area contributed by atoms with E-state index < -0.39 is 0 Å². The van der Waals surface area contributed by atoms with Gasteiger partial charge in [-0.25, -0.2) is 0 Å². The van der Waals surface area contributed by atoms with Crippen molar-refractivity contribution >= 4 is 23.5 Å². The number of para-hydroxylation sites is 1. The smallest absolute Gasteiger partial charge is 0.189 e. The molecule has 0 saturated heterocycles. The van der Waals surface area contributed by atoms with Crippen LogP contribution in [0.4, 0.5) is 0 Å². The van der Waals surface area contributed by atoms with Gasteiger partial charge in [0.1, 0.15) is 29.6 Å². The first kappa shape index (κ1) is 23.2. The zero-order valence-electron chi connectivity index (χ0n) is 17.7. The minimum Gasteiger partial charge on any atom is -0.506 e. The Labute approximate surface area is 191 Å². The monoisotopic (exact) mass is 454 g/mol. The third-order valence-electron chi connectivity index (χ3n) is 4.55. The highest BCUT2D eigenvalue weighted by molar-refractivity contribution is 6.32. The number of rotatable bonds is 10. The van der Waals surface area contributed by atoms with Gasteiger partial charge >= 0.3 is 0 Å². The molecule has 0 aliphatic carbocycles. The van der Waals surface area contributed by atoms with Crippen LogP contribution in [-0.2, 0) is 11.3 Å². The molecule has 0 spiro atoms. The van der Waals surface area contributed by atoms with E-state index in [0.29, 0.717) is 23.7 Å². The number of ether oxygens (including phenoxy) is 4. The summed E-state index contributed by atoms with van der Waals surface area (Å²) in [6.45, 7) is 0.404. The number of phenols is 1. The van der Waals surface area contributed by atoms with Crippen molar-refractivity contribution in [3.63, 3.8) is 0 Å². The lowest BCUT2D eigenvalue weighted by atomic mass is 10.1. The van der Waals surface area contributed by atoms with E-state index in [1.807, 2.05) is 24.3 Å². The molecule has 0 amide bonds. The van der Waals surface area contributed by atoms with Crippen molar-refractivity contribution in [3.05, 3.63) is 88.5 Å². The molecule has 0 bridgehead atoms. The van der Waals surface area contributed by atoms with Gasteiger partial charge in [-0.05, 0) is 54.1 Å². The largest absolute Gasteiger partial charge is 0.506 e. The molecule has 32 heavy (non-hydrogen) atoms. The molecular formula is C25H23ClO6. The summed E-state index contributed by atoms with van der Waals surface area (Å²) in [4.78, 5) is 12.6. The molecule has 0 aliphatic heterocycles. The number of hydrogen-bond donors (Lipinski definition) is 1. The lowest BCUT2D eigenvalue weighted by molar-refractivity contribution is 0.0509. The van der Waals surface area contributed by atoms with Crippen molar-refractivity contribution in [2.75, 3.05) is 21.0 Å². The highest BCUT2D eigenvalue weighted by atomic mass is 35.5. The van der Waals surface area contributed by atoms with Crippen LogP contribution in [-0.4, -0.2) is 31.9 Å². The number of allylic oxidation sites excluding steroid dienone is 1. The summed E-state index contributed by atoms with van der Waals surface area (Å²) >= 11 is 5.90. The minimum absolute atomic E-state index is 0.0969. The first-order valence-electron chi connectivity index (χ1n) is 9.73. The van der Waals surface area contributed by atoms with E-state index in [9.17, 15) is 9.90 Å². The van der Waals surface area contributed by atoms with Crippen molar-refractivity contribution in [3.8, 4) is 23.0 Å². The standard InChI is InChI=1S/C25H23ClO6/c1-29-16-32-20-12-8-18(9-13-23(27)21-4-3-5-22(26)25(21)28)24(14-20)31-15-17-6-10-19(30-2)11-7-17/h3-14,28H,15-16H2,1-2H3. The number of carbonyl (C=O) groups excluding carboxylic acids is 1. The topological polar surface area (TPSA) is 74.2 Å². The van der Waals surface area contributed by atoms with Crippen LogP contribution in [0.3, 0.4) is 0 Å². The van der Waals surface area contributed by atoms with Gasteiger partial charge < -0.3 is 24.1 Å². The summed E-state index contributed by atoms with van der Waals surface area (Å²) < 4.78 is 21.6. The lowest BCUT2D eigenvalue weighted by Gasteiger charge is -2.12. The fourth-order valence-corrected chi connectivity index (χ4v) is 3.02. The van der Waals surface area contributed by atoms with Gasteiger partial charge in [-0.3, -0.25) is 4.79 Å². The zero-order valence-corrected chi connectivity index (χ0v) is 18.5. The fourth-order valence-electron chi connectivity index (χ4n) is 2.85. The number of hydrogen-bond acceptors (Lipinski definition) is 6. The maximum absolute atomic E-state index is 12.6. The molecule has 3 aromatic rings. The Morgan fingerprint density at radius 1 is 1.00 bits per heavy atom. The summed E-state index contributed by atoms with van der Waals surface area (Å²) in [5.41, 5.74) is 1.73. The quantitative estimate of drug-likeness (QED) is 0.247. The number of carbonyl (C=O) groups is 1.